The van der Waals surface area contributed by atoms with E-state index in [0.717, 1.165) is 23.7 Å². The lowest BCUT2D eigenvalue weighted by Crippen LogP contribution is -2.39. The number of aryl methyl sites for hydroxylation is 2. The normalized spacial score (nSPS) is 14.5. The van der Waals surface area contributed by atoms with Gasteiger partial charge in [-0.2, -0.15) is 0 Å². The summed E-state index contributed by atoms with van der Waals surface area (Å²) in [6, 6.07) is 6.18. The van der Waals surface area contributed by atoms with Crippen LogP contribution in [0.3, 0.4) is 0 Å². The summed E-state index contributed by atoms with van der Waals surface area (Å²) in [4.78, 5) is 11.8. The van der Waals surface area contributed by atoms with Crippen molar-refractivity contribution in [2.24, 2.45) is 5.41 Å². The summed E-state index contributed by atoms with van der Waals surface area (Å²) in [7, 11) is 0. The maximum atomic E-state index is 11.8. The van der Waals surface area contributed by atoms with Crippen LogP contribution in [0.25, 0.3) is 0 Å². The molecule has 0 aromatic heterocycles. The highest BCUT2D eigenvalue weighted by molar-refractivity contribution is 5.80. The Morgan fingerprint density at radius 1 is 1.24 bits per heavy atom. The summed E-state index contributed by atoms with van der Waals surface area (Å²) in [5.41, 5.74) is 2.20. The Hall–Kier alpha value is -1.55. The van der Waals surface area contributed by atoms with Gasteiger partial charge in [-0.3, -0.25) is 10.0 Å². The zero-order valence-corrected chi connectivity index (χ0v) is 13.2. The second kappa shape index (κ2) is 6.48. The summed E-state index contributed by atoms with van der Waals surface area (Å²) in [5.74, 6) is 0.517. The molecule has 0 aliphatic heterocycles. The minimum absolute atomic E-state index is 0.174. The Bertz CT molecular complexity index is 505. The minimum atomic E-state index is -0.583. The van der Waals surface area contributed by atoms with E-state index >= 15 is 0 Å². The van der Waals surface area contributed by atoms with E-state index in [1.54, 1.807) is 20.8 Å². The molecule has 0 atom stereocenters. The molecule has 0 heterocycles. The van der Waals surface area contributed by atoms with Gasteiger partial charge in [-0.05, 0) is 48.9 Å². The molecule has 1 N–H and O–H groups in total. The molecule has 1 aliphatic rings. The SMILES string of the molecule is CC(C)(C)C(=O)N(O)CCOc1ccc2c(c1)CCCC2. The van der Waals surface area contributed by atoms with E-state index in [4.69, 9.17) is 4.74 Å². The fourth-order valence-corrected chi connectivity index (χ4v) is 2.54. The van der Waals surface area contributed by atoms with Crippen LogP contribution < -0.4 is 4.74 Å². The zero-order chi connectivity index (χ0) is 15.5. The lowest BCUT2D eigenvalue weighted by Gasteiger charge is -2.24. The van der Waals surface area contributed by atoms with Crippen molar-refractivity contribution in [1.82, 2.24) is 5.06 Å². The zero-order valence-electron chi connectivity index (χ0n) is 13.2. The molecule has 4 heteroatoms. The van der Waals surface area contributed by atoms with Gasteiger partial charge in [0.15, 0.2) is 0 Å². The highest BCUT2D eigenvalue weighted by Crippen LogP contribution is 2.25. The maximum absolute atomic E-state index is 11.8. The van der Waals surface area contributed by atoms with E-state index < -0.39 is 5.41 Å². The van der Waals surface area contributed by atoms with Gasteiger partial charge in [0.2, 0.25) is 0 Å². The summed E-state index contributed by atoms with van der Waals surface area (Å²) in [6.07, 6.45) is 4.77. The molecule has 0 spiro atoms. The van der Waals surface area contributed by atoms with Crippen molar-refractivity contribution in [3.8, 4) is 5.75 Å². The summed E-state index contributed by atoms with van der Waals surface area (Å²) in [5, 5.41) is 10.5. The van der Waals surface area contributed by atoms with Crippen LogP contribution >= 0.6 is 0 Å². The van der Waals surface area contributed by atoms with Gasteiger partial charge in [0.25, 0.3) is 5.91 Å². The number of nitrogens with zero attached hydrogens (tertiary/aromatic N) is 1. The third-order valence-electron chi connectivity index (χ3n) is 3.77. The smallest absolute Gasteiger partial charge is 0.251 e. The molecule has 0 unspecified atom stereocenters. The molecule has 1 aromatic carbocycles. The molecule has 0 saturated carbocycles. The van der Waals surface area contributed by atoms with Crippen molar-refractivity contribution in [1.29, 1.82) is 0 Å². The lowest BCUT2D eigenvalue weighted by molar-refractivity contribution is -0.175. The van der Waals surface area contributed by atoms with Gasteiger partial charge < -0.3 is 4.74 Å². The number of fused-ring (bicyclic) bond motifs is 1. The van der Waals surface area contributed by atoms with E-state index in [2.05, 4.69) is 12.1 Å². The van der Waals surface area contributed by atoms with Crippen LogP contribution in [0.5, 0.6) is 5.75 Å². The number of hydrogen-bond acceptors (Lipinski definition) is 3. The fourth-order valence-electron chi connectivity index (χ4n) is 2.54. The van der Waals surface area contributed by atoms with Gasteiger partial charge in [0, 0.05) is 5.41 Å². The Morgan fingerprint density at radius 3 is 2.57 bits per heavy atom. The van der Waals surface area contributed by atoms with Gasteiger partial charge in [0.05, 0.1) is 6.54 Å². The highest BCUT2D eigenvalue weighted by atomic mass is 16.5. The van der Waals surface area contributed by atoms with Crippen molar-refractivity contribution in [2.75, 3.05) is 13.2 Å². The highest BCUT2D eigenvalue weighted by Gasteiger charge is 2.26. The molecule has 4 nitrogen and oxygen atoms in total. The van der Waals surface area contributed by atoms with E-state index in [1.807, 2.05) is 6.07 Å². The number of ether oxygens (including phenoxy) is 1. The Kier molecular flexibility index (Phi) is 4.88. The van der Waals surface area contributed by atoms with Gasteiger partial charge >= 0.3 is 0 Å². The average Bonchev–Trinajstić information content (AvgIpc) is 2.45. The molecule has 0 fully saturated rings. The monoisotopic (exact) mass is 291 g/mol. The minimum Gasteiger partial charge on any atom is -0.492 e. The topological polar surface area (TPSA) is 49.8 Å². The molecule has 1 amide bonds. The van der Waals surface area contributed by atoms with Gasteiger partial charge in [0.1, 0.15) is 12.4 Å². The maximum Gasteiger partial charge on any atom is 0.251 e. The molecule has 116 valence electrons. The van der Waals surface area contributed by atoms with Crippen LogP contribution in [0, 0.1) is 5.41 Å². The second-order valence-electron chi connectivity index (χ2n) is 6.66. The fraction of sp³-hybridized carbons (Fsp3) is 0.588. The Balaban J connectivity index is 1.85. The van der Waals surface area contributed by atoms with E-state index in [-0.39, 0.29) is 19.1 Å². The van der Waals surface area contributed by atoms with E-state index in [1.165, 1.54) is 24.0 Å². The molecule has 1 aliphatic carbocycles. The first-order chi connectivity index (χ1) is 9.88. The third-order valence-corrected chi connectivity index (χ3v) is 3.77. The number of hydrogen-bond donors (Lipinski definition) is 1. The first kappa shape index (κ1) is 15.8. The third kappa shape index (κ3) is 4.21. The summed E-state index contributed by atoms with van der Waals surface area (Å²) < 4.78 is 5.65. The first-order valence-corrected chi connectivity index (χ1v) is 7.63. The molecule has 0 saturated heterocycles. The second-order valence-corrected chi connectivity index (χ2v) is 6.66. The van der Waals surface area contributed by atoms with Crippen LogP contribution in [0.4, 0.5) is 0 Å². The quantitative estimate of drug-likeness (QED) is 0.684. The molecular weight excluding hydrogens is 266 g/mol. The van der Waals surface area contributed by atoms with E-state index in [0.29, 0.717) is 0 Å². The number of amides is 1. The number of carbonyl (C=O) groups is 1. The van der Waals surface area contributed by atoms with Crippen molar-refractivity contribution in [3.63, 3.8) is 0 Å². The van der Waals surface area contributed by atoms with Gasteiger partial charge in [-0.15, -0.1) is 0 Å². The van der Waals surface area contributed by atoms with Crippen LogP contribution in [0.1, 0.15) is 44.7 Å². The lowest BCUT2D eigenvalue weighted by atomic mass is 9.92. The number of rotatable bonds is 4. The van der Waals surface area contributed by atoms with Crippen molar-refractivity contribution in [2.45, 2.75) is 46.5 Å². The molecule has 1 aromatic rings. The molecule has 21 heavy (non-hydrogen) atoms. The van der Waals surface area contributed by atoms with Crippen LogP contribution in [-0.4, -0.2) is 29.3 Å². The number of carbonyl (C=O) groups excluding carboxylic acids is 1. The standard InChI is InChI=1S/C17H25NO3/c1-17(2,3)16(19)18(20)10-11-21-15-9-8-13-6-4-5-7-14(13)12-15/h8-9,12,20H,4-7,10-11H2,1-3H3. The van der Waals surface area contributed by atoms with Crippen molar-refractivity contribution >= 4 is 5.91 Å². The number of hydroxylamine groups is 2. The van der Waals surface area contributed by atoms with Crippen molar-refractivity contribution < 1.29 is 14.7 Å². The average molecular weight is 291 g/mol. The Labute approximate surface area is 126 Å². The number of benzene rings is 1. The predicted molar refractivity (Wildman–Crippen MR) is 81.5 cm³/mol. The molecule has 0 radical (unpaired) electrons. The summed E-state index contributed by atoms with van der Waals surface area (Å²) >= 11 is 0. The largest absolute Gasteiger partial charge is 0.492 e. The molecule has 0 bridgehead atoms. The van der Waals surface area contributed by atoms with Crippen molar-refractivity contribution in [3.05, 3.63) is 29.3 Å². The Morgan fingerprint density at radius 2 is 1.90 bits per heavy atom. The molecule has 2 rings (SSSR count). The van der Waals surface area contributed by atoms with E-state index in [9.17, 15) is 10.0 Å². The first-order valence-electron chi connectivity index (χ1n) is 7.63. The molecular formula is C17H25NO3. The van der Waals surface area contributed by atoms with Gasteiger partial charge in [-0.1, -0.05) is 26.8 Å². The van der Waals surface area contributed by atoms with Crippen LogP contribution in [0.2, 0.25) is 0 Å². The van der Waals surface area contributed by atoms with Crippen LogP contribution in [-0.2, 0) is 17.6 Å². The van der Waals surface area contributed by atoms with Crippen LogP contribution in [0.15, 0.2) is 18.2 Å². The van der Waals surface area contributed by atoms with Gasteiger partial charge in [-0.25, -0.2) is 5.06 Å². The summed E-state index contributed by atoms with van der Waals surface area (Å²) in [6.45, 7) is 5.80. The predicted octanol–water partition coefficient (Wildman–Crippen LogP) is 3.21.